The van der Waals surface area contributed by atoms with E-state index in [1.54, 1.807) is 30.3 Å². The van der Waals surface area contributed by atoms with Gasteiger partial charge in [-0.05, 0) is 42.7 Å². The molecule has 0 atom stereocenters. The molecule has 0 unspecified atom stereocenters. The zero-order valence-electron chi connectivity index (χ0n) is 16.1. The molecule has 5 nitrogen and oxygen atoms in total. The topological polar surface area (TPSA) is 85.9 Å². The minimum atomic E-state index is -0.398. The van der Waals surface area contributed by atoms with Gasteiger partial charge in [0, 0.05) is 11.6 Å². The third-order valence-corrected chi connectivity index (χ3v) is 5.46. The number of carbonyl (C=O) groups is 1. The number of halogens is 2. The van der Waals surface area contributed by atoms with Crippen molar-refractivity contribution in [2.45, 2.75) is 38.3 Å². The molecule has 1 saturated carbocycles. The first-order chi connectivity index (χ1) is 14.5. The van der Waals surface area contributed by atoms with Crippen molar-refractivity contribution in [1.29, 1.82) is 10.5 Å². The zero-order valence-corrected chi connectivity index (χ0v) is 17.6. The number of ether oxygens (including phenoxy) is 1. The number of hydrogen-bond acceptors (Lipinski definition) is 4. The Hall–Kier alpha value is -2.99. The molecule has 1 aliphatic carbocycles. The highest BCUT2D eigenvalue weighted by atomic mass is 35.5. The van der Waals surface area contributed by atoms with Crippen LogP contribution in [0.1, 0.15) is 42.4 Å². The molecule has 0 spiro atoms. The van der Waals surface area contributed by atoms with E-state index >= 15 is 0 Å². The number of amides is 1. The van der Waals surface area contributed by atoms with Gasteiger partial charge in [-0.3, -0.25) is 4.79 Å². The van der Waals surface area contributed by atoms with Crippen molar-refractivity contribution >= 4 is 35.2 Å². The van der Waals surface area contributed by atoms with Gasteiger partial charge in [0.2, 0.25) is 0 Å². The van der Waals surface area contributed by atoms with Gasteiger partial charge in [-0.25, -0.2) is 0 Å². The lowest BCUT2D eigenvalue weighted by Crippen LogP contribution is -2.33. The van der Waals surface area contributed by atoms with Crippen molar-refractivity contribution in [3.63, 3.8) is 0 Å². The van der Waals surface area contributed by atoms with Gasteiger partial charge in [0.15, 0.2) is 5.75 Å². The molecule has 3 rings (SSSR count). The Balaban J connectivity index is 1.76. The number of nitrogens with one attached hydrogen (secondary N) is 1. The maximum Gasteiger partial charge on any atom is 0.262 e. The first kappa shape index (κ1) is 21.7. The number of hydrogen-bond donors (Lipinski definition) is 1. The highest BCUT2D eigenvalue weighted by Crippen LogP contribution is 2.35. The summed E-state index contributed by atoms with van der Waals surface area (Å²) in [5.41, 5.74) is 1.74. The van der Waals surface area contributed by atoms with Gasteiger partial charge < -0.3 is 10.1 Å². The molecule has 1 amide bonds. The van der Waals surface area contributed by atoms with Crippen molar-refractivity contribution in [3.8, 4) is 17.9 Å². The van der Waals surface area contributed by atoms with Crippen LogP contribution in [0.25, 0.3) is 6.08 Å². The van der Waals surface area contributed by atoms with Gasteiger partial charge in [0.25, 0.3) is 5.91 Å². The summed E-state index contributed by atoms with van der Waals surface area (Å²) in [5, 5.41) is 22.0. The molecule has 30 heavy (non-hydrogen) atoms. The maximum absolute atomic E-state index is 12.4. The molecule has 1 N–H and O–H groups in total. The van der Waals surface area contributed by atoms with Crippen LogP contribution in [0.2, 0.25) is 10.0 Å². The van der Waals surface area contributed by atoms with Crippen LogP contribution in [-0.4, -0.2) is 11.9 Å². The van der Waals surface area contributed by atoms with Crippen molar-refractivity contribution in [3.05, 3.63) is 68.7 Å². The molecule has 7 heteroatoms. The second kappa shape index (κ2) is 10.2. The van der Waals surface area contributed by atoms with E-state index in [2.05, 4.69) is 11.4 Å². The van der Waals surface area contributed by atoms with E-state index in [1.165, 1.54) is 6.08 Å². The van der Waals surface area contributed by atoms with Crippen LogP contribution < -0.4 is 10.1 Å². The lowest BCUT2D eigenvalue weighted by atomic mass is 10.1. The smallest absolute Gasteiger partial charge is 0.262 e. The molecule has 0 radical (unpaired) electrons. The first-order valence-corrected chi connectivity index (χ1v) is 10.3. The number of nitriles is 2. The molecule has 0 bridgehead atoms. The number of nitrogens with zero attached hydrogens (tertiary/aromatic N) is 2. The number of carbonyl (C=O) groups excluding carboxylic acids is 1. The molecule has 1 aliphatic rings. The molecule has 2 aromatic carbocycles. The van der Waals surface area contributed by atoms with Crippen molar-refractivity contribution in [2.75, 3.05) is 0 Å². The predicted octanol–water partition coefficient (Wildman–Crippen LogP) is 5.41. The largest absolute Gasteiger partial charge is 0.486 e. The second-order valence-electron chi connectivity index (χ2n) is 7.00. The van der Waals surface area contributed by atoms with Crippen molar-refractivity contribution < 1.29 is 9.53 Å². The third-order valence-electron chi connectivity index (χ3n) is 4.90. The van der Waals surface area contributed by atoms with Crippen LogP contribution in [-0.2, 0) is 11.4 Å². The fourth-order valence-corrected chi connectivity index (χ4v) is 3.97. The highest BCUT2D eigenvalue weighted by molar-refractivity contribution is 6.37. The van der Waals surface area contributed by atoms with E-state index in [-0.39, 0.29) is 34.0 Å². The summed E-state index contributed by atoms with van der Waals surface area (Å²) in [6.07, 6.45) is 5.49. The van der Waals surface area contributed by atoms with E-state index in [0.29, 0.717) is 16.7 Å². The van der Waals surface area contributed by atoms with E-state index in [0.717, 1.165) is 25.7 Å². The monoisotopic (exact) mass is 439 g/mol. The molecule has 152 valence electrons. The summed E-state index contributed by atoms with van der Waals surface area (Å²) in [6, 6.07) is 14.4. The fraction of sp³-hybridized carbons (Fsp3) is 0.261. The standard InChI is InChI=1S/C23H19Cl2N3O2/c24-20-10-15(9-18(13-27)23(29)28-19-7-3-4-8-19)11-21(25)22(20)30-14-17-6-2-1-5-16(17)12-26/h1-2,5-6,9-11,19H,3-4,7-8,14H2,(H,28,29)/b18-9-. The Labute approximate surface area is 185 Å². The second-order valence-corrected chi connectivity index (χ2v) is 7.81. The minimum Gasteiger partial charge on any atom is -0.486 e. The highest BCUT2D eigenvalue weighted by Gasteiger charge is 2.19. The fourth-order valence-electron chi connectivity index (χ4n) is 3.35. The van der Waals surface area contributed by atoms with Gasteiger partial charge in [-0.15, -0.1) is 0 Å². The summed E-state index contributed by atoms with van der Waals surface area (Å²) in [5.74, 6) is -0.123. The van der Waals surface area contributed by atoms with Crippen molar-refractivity contribution in [2.24, 2.45) is 0 Å². The Morgan fingerprint density at radius 2 is 1.83 bits per heavy atom. The molecule has 2 aromatic rings. The van der Waals surface area contributed by atoms with E-state index in [4.69, 9.17) is 27.9 Å². The predicted molar refractivity (Wildman–Crippen MR) is 116 cm³/mol. The summed E-state index contributed by atoms with van der Waals surface area (Å²) in [6.45, 7) is 0.131. The summed E-state index contributed by atoms with van der Waals surface area (Å²) >= 11 is 12.7. The molecule has 0 aliphatic heterocycles. The van der Waals surface area contributed by atoms with Crippen molar-refractivity contribution in [1.82, 2.24) is 5.32 Å². The Morgan fingerprint density at radius 3 is 2.47 bits per heavy atom. The third kappa shape index (κ3) is 5.33. The molecule has 0 heterocycles. The first-order valence-electron chi connectivity index (χ1n) is 9.54. The number of benzene rings is 2. The molecule has 0 aromatic heterocycles. The zero-order chi connectivity index (χ0) is 21.5. The van der Waals surface area contributed by atoms with Gasteiger partial charge in [-0.2, -0.15) is 10.5 Å². The summed E-state index contributed by atoms with van der Waals surface area (Å²) in [7, 11) is 0. The molecule has 1 fully saturated rings. The number of rotatable bonds is 6. The Morgan fingerprint density at radius 1 is 1.17 bits per heavy atom. The summed E-state index contributed by atoms with van der Waals surface area (Å²) < 4.78 is 5.74. The quantitative estimate of drug-likeness (QED) is 0.481. The normalized spacial score (nSPS) is 14.1. The molecular weight excluding hydrogens is 421 g/mol. The van der Waals surface area contributed by atoms with Crippen LogP contribution in [0.5, 0.6) is 5.75 Å². The van der Waals surface area contributed by atoms with Crippen LogP contribution in [0, 0.1) is 22.7 Å². The molecule has 0 saturated heterocycles. The summed E-state index contributed by atoms with van der Waals surface area (Å²) in [4.78, 5) is 12.4. The van der Waals surface area contributed by atoms with Crippen LogP contribution in [0.15, 0.2) is 42.0 Å². The van der Waals surface area contributed by atoms with Crippen LogP contribution in [0.4, 0.5) is 0 Å². The van der Waals surface area contributed by atoms with Crippen LogP contribution >= 0.6 is 23.2 Å². The average Bonchev–Trinajstić information content (AvgIpc) is 3.24. The Bertz CT molecular complexity index is 1040. The van der Waals surface area contributed by atoms with E-state index in [1.807, 2.05) is 12.1 Å². The van der Waals surface area contributed by atoms with Crippen LogP contribution in [0.3, 0.4) is 0 Å². The minimum absolute atomic E-state index is 0.00866. The van der Waals surface area contributed by atoms with Gasteiger partial charge in [0.05, 0.1) is 21.7 Å². The van der Waals surface area contributed by atoms with Gasteiger partial charge in [0.1, 0.15) is 18.2 Å². The lowest BCUT2D eigenvalue weighted by molar-refractivity contribution is -0.117. The van der Waals surface area contributed by atoms with E-state index in [9.17, 15) is 15.3 Å². The SMILES string of the molecule is N#C/C(=C/c1cc(Cl)c(OCc2ccccc2C#N)c(Cl)c1)C(=O)NC1CCCC1. The van der Waals surface area contributed by atoms with E-state index < -0.39 is 5.91 Å². The lowest BCUT2D eigenvalue weighted by Gasteiger charge is -2.13. The average molecular weight is 440 g/mol. The Kier molecular flexibility index (Phi) is 7.36. The molecular formula is C23H19Cl2N3O2. The van der Waals surface area contributed by atoms with Gasteiger partial charge >= 0.3 is 0 Å². The maximum atomic E-state index is 12.4. The van der Waals surface area contributed by atoms with Gasteiger partial charge in [-0.1, -0.05) is 54.2 Å².